The first-order chi connectivity index (χ1) is 4.91. The first-order valence-electron chi connectivity index (χ1n) is 3.57. The van der Waals surface area contributed by atoms with Crippen molar-refractivity contribution in [2.75, 3.05) is 19.8 Å². The third-order valence-corrected chi connectivity index (χ3v) is 1.06. The summed E-state index contributed by atoms with van der Waals surface area (Å²) in [7, 11) is 0. The number of rotatable bonds is 1. The summed E-state index contributed by atoms with van der Waals surface area (Å²) < 4.78 is 4.94. The fourth-order valence-corrected chi connectivity index (χ4v) is 0.589. The van der Waals surface area contributed by atoms with Crippen molar-refractivity contribution < 1.29 is 4.74 Å². The lowest BCUT2D eigenvalue weighted by molar-refractivity contribution is 0.198. The van der Waals surface area contributed by atoms with E-state index in [0.29, 0.717) is 6.54 Å². The van der Waals surface area contributed by atoms with Gasteiger partial charge in [0, 0.05) is 19.8 Å². The molecule has 1 heterocycles. The van der Waals surface area contributed by atoms with Gasteiger partial charge in [-0.3, -0.25) is 0 Å². The molecule has 1 N–H and O–H groups in total. The van der Waals surface area contributed by atoms with E-state index in [1.165, 1.54) is 12.8 Å². The Kier molecular flexibility index (Phi) is 14.8. The van der Waals surface area contributed by atoms with Crippen molar-refractivity contribution in [3.63, 3.8) is 0 Å². The second kappa shape index (κ2) is 12.3. The third kappa shape index (κ3) is 12.8. The van der Waals surface area contributed by atoms with E-state index < -0.39 is 0 Å². The zero-order valence-corrected chi connectivity index (χ0v) is 7.62. The number of aliphatic imine (C=N–C) groups is 1. The molecule has 0 aromatic heterocycles. The van der Waals surface area contributed by atoms with Crippen LogP contribution in [0.4, 0.5) is 0 Å². The van der Waals surface area contributed by atoms with Gasteiger partial charge in [0.2, 0.25) is 0 Å². The standard InChI is InChI=1S/C4H8O.C3H6N2.ClH/c1-2-4-5-3-1;1-2-5-3-4;/h1-4H2;4H,2H2,1H3;1H. The highest BCUT2D eigenvalue weighted by Gasteiger charge is 1.94. The molecule has 4 heteroatoms. The van der Waals surface area contributed by atoms with Crippen LogP contribution in [0, 0.1) is 5.41 Å². The average Bonchev–Trinajstić information content (AvgIpc) is 2.44. The smallest absolute Gasteiger partial charge is 0.0861 e. The summed E-state index contributed by atoms with van der Waals surface area (Å²) >= 11 is 0. The maximum atomic E-state index is 6.19. The van der Waals surface area contributed by atoms with Crippen molar-refractivity contribution in [1.29, 1.82) is 5.41 Å². The summed E-state index contributed by atoms with van der Waals surface area (Å²) in [5.41, 5.74) is 0. The zero-order chi connectivity index (χ0) is 7.66. The predicted octanol–water partition coefficient (Wildman–Crippen LogP) is 1.98. The van der Waals surface area contributed by atoms with Gasteiger partial charge < -0.3 is 4.74 Å². The van der Waals surface area contributed by atoms with Crippen LogP contribution in [-0.4, -0.2) is 25.8 Å². The van der Waals surface area contributed by atoms with E-state index >= 15 is 0 Å². The fourth-order valence-electron chi connectivity index (χ4n) is 0.589. The van der Waals surface area contributed by atoms with E-state index in [-0.39, 0.29) is 12.4 Å². The van der Waals surface area contributed by atoms with Gasteiger partial charge in [0.1, 0.15) is 0 Å². The lowest BCUT2D eigenvalue weighted by Crippen LogP contribution is -1.74. The number of ether oxygens (including phenoxy) is 1. The van der Waals surface area contributed by atoms with Crippen LogP contribution in [0.5, 0.6) is 0 Å². The summed E-state index contributed by atoms with van der Waals surface area (Å²) in [5, 5.41) is 6.19. The topological polar surface area (TPSA) is 45.4 Å². The second-order valence-electron chi connectivity index (χ2n) is 1.91. The van der Waals surface area contributed by atoms with Crippen molar-refractivity contribution in [3.8, 4) is 0 Å². The maximum absolute atomic E-state index is 6.19. The molecule has 0 saturated carbocycles. The normalized spacial score (nSPS) is 13.5. The molecular weight excluding hydrogens is 164 g/mol. The highest BCUT2D eigenvalue weighted by Crippen LogP contribution is 1.98. The number of nitrogens with zero attached hydrogens (tertiary/aromatic N) is 1. The molecule has 0 aromatic rings. The van der Waals surface area contributed by atoms with Crippen LogP contribution in [0.2, 0.25) is 0 Å². The summed E-state index contributed by atoms with van der Waals surface area (Å²) in [6, 6.07) is 1.89. The molecule has 0 bridgehead atoms. The molecular formula is C7H15ClN2O. The Hall–Kier alpha value is -0.370. The van der Waals surface area contributed by atoms with Crippen LogP contribution < -0.4 is 0 Å². The third-order valence-electron chi connectivity index (χ3n) is 1.06. The second-order valence-corrected chi connectivity index (χ2v) is 1.91. The Bertz CT molecular complexity index is 101. The Labute approximate surface area is 73.8 Å². The molecule has 1 aliphatic heterocycles. The van der Waals surface area contributed by atoms with Gasteiger partial charge in [-0.15, -0.1) is 12.4 Å². The quantitative estimate of drug-likeness (QED) is 0.614. The van der Waals surface area contributed by atoms with Crippen LogP contribution in [-0.2, 0) is 4.74 Å². The van der Waals surface area contributed by atoms with E-state index in [1.54, 1.807) is 0 Å². The zero-order valence-electron chi connectivity index (χ0n) is 6.80. The first kappa shape index (κ1) is 13.2. The molecule has 0 aliphatic carbocycles. The summed E-state index contributed by atoms with van der Waals surface area (Å²) in [5.74, 6) is 0. The predicted molar refractivity (Wildman–Crippen MR) is 48.0 cm³/mol. The minimum atomic E-state index is 0. The Morgan fingerprint density at radius 1 is 1.45 bits per heavy atom. The Morgan fingerprint density at radius 2 is 2.00 bits per heavy atom. The van der Waals surface area contributed by atoms with Gasteiger partial charge in [-0.05, 0) is 19.8 Å². The van der Waals surface area contributed by atoms with Crippen molar-refractivity contribution in [2.24, 2.45) is 4.99 Å². The van der Waals surface area contributed by atoms with Gasteiger partial charge in [-0.1, -0.05) is 0 Å². The van der Waals surface area contributed by atoms with Crippen LogP contribution in [0.25, 0.3) is 0 Å². The lowest BCUT2D eigenvalue weighted by Gasteiger charge is -1.76. The monoisotopic (exact) mass is 178 g/mol. The molecule has 0 atom stereocenters. The van der Waals surface area contributed by atoms with Crippen molar-refractivity contribution >= 4 is 18.4 Å². The van der Waals surface area contributed by atoms with E-state index in [1.807, 2.05) is 12.9 Å². The van der Waals surface area contributed by atoms with Crippen LogP contribution in [0.15, 0.2) is 4.99 Å². The van der Waals surface area contributed by atoms with Crippen LogP contribution in [0.3, 0.4) is 0 Å². The molecule has 0 amide bonds. The van der Waals surface area contributed by atoms with E-state index in [2.05, 4.69) is 4.99 Å². The molecule has 1 fully saturated rings. The lowest BCUT2D eigenvalue weighted by atomic mass is 10.4. The highest BCUT2D eigenvalue weighted by molar-refractivity contribution is 5.85. The summed E-state index contributed by atoms with van der Waals surface area (Å²) in [6.45, 7) is 4.53. The van der Waals surface area contributed by atoms with Crippen molar-refractivity contribution in [2.45, 2.75) is 19.8 Å². The van der Waals surface area contributed by atoms with Gasteiger partial charge >= 0.3 is 0 Å². The molecule has 0 unspecified atom stereocenters. The molecule has 11 heavy (non-hydrogen) atoms. The minimum absolute atomic E-state index is 0. The largest absolute Gasteiger partial charge is 0.381 e. The van der Waals surface area contributed by atoms with Gasteiger partial charge in [-0.25, -0.2) is 10.4 Å². The molecule has 3 nitrogen and oxygen atoms in total. The minimum Gasteiger partial charge on any atom is -0.381 e. The number of hydrogen-bond donors (Lipinski definition) is 1. The highest BCUT2D eigenvalue weighted by atomic mass is 35.5. The van der Waals surface area contributed by atoms with Gasteiger partial charge in [-0.2, -0.15) is 0 Å². The van der Waals surface area contributed by atoms with Gasteiger partial charge in [0.05, 0.1) is 6.01 Å². The van der Waals surface area contributed by atoms with E-state index in [0.717, 1.165) is 13.2 Å². The molecule has 0 spiro atoms. The SMILES string of the molecule is C1CCOC1.CCN=C=N.Cl. The fraction of sp³-hybridized carbons (Fsp3) is 0.857. The van der Waals surface area contributed by atoms with Crippen molar-refractivity contribution in [1.82, 2.24) is 0 Å². The van der Waals surface area contributed by atoms with Crippen LogP contribution in [0.1, 0.15) is 19.8 Å². The number of halogens is 1. The Balaban J connectivity index is 0. The average molecular weight is 179 g/mol. The molecule has 1 aliphatic rings. The summed E-state index contributed by atoms with van der Waals surface area (Å²) in [4.78, 5) is 3.39. The summed E-state index contributed by atoms with van der Waals surface area (Å²) in [6.07, 6.45) is 2.56. The molecule has 0 radical (unpaired) electrons. The van der Waals surface area contributed by atoms with Gasteiger partial charge in [0.25, 0.3) is 0 Å². The molecule has 1 saturated heterocycles. The van der Waals surface area contributed by atoms with Crippen LogP contribution >= 0.6 is 12.4 Å². The maximum Gasteiger partial charge on any atom is 0.0861 e. The first-order valence-corrected chi connectivity index (χ1v) is 3.57. The van der Waals surface area contributed by atoms with E-state index in [9.17, 15) is 0 Å². The molecule has 0 aromatic carbocycles. The number of hydrogen-bond acceptors (Lipinski definition) is 3. The molecule has 1 rings (SSSR count). The number of nitrogens with one attached hydrogen (secondary N) is 1. The molecule has 66 valence electrons. The van der Waals surface area contributed by atoms with E-state index in [4.69, 9.17) is 10.1 Å². The van der Waals surface area contributed by atoms with Crippen molar-refractivity contribution in [3.05, 3.63) is 0 Å². The Morgan fingerprint density at radius 3 is 2.09 bits per heavy atom. The van der Waals surface area contributed by atoms with Gasteiger partial charge in [0.15, 0.2) is 0 Å².